The number of nitrogens with zero attached hydrogens (tertiary/aromatic N) is 1. The molecule has 80 valence electrons. The topological polar surface area (TPSA) is 49.8 Å². The van der Waals surface area contributed by atoms with Crippen molar-refractivity contribution in [2.24, 2.45) is 0 Å². The molecular weight excluding hydrogens is 194 g/mol. The molecule has 0 aliphatic carbocycles. The van der Waals surface area contributed by atoms with E-state index in [4.69, 9.17) is 9.84 Å². The summed E-state index contributed by atoms with van der Waals surface area (Å²) in [5, 5.41) is 8.89. The third-order valence-corrected chi connectivity index (χ3v) is 2.40. The molecule has 0 spiro atoms. The highest BCUT2D eigenvalue weighted by Gasteiger charge is 2.20. The number of ether oxygens (including phenoxy) is 1. The normalized spacial score (nSPS) is 16.3. The molecule has 1 heterocycles. The van der Waals surface area contributed by atoms with Crippen molar-refractivity contribution in [1.82, 2.24) is 0 Å². The van der Waals surface area contributed by atoms with Gasteiger partial charge in [-0.15, -0.1) is 0 Å². The number of aliphatic hydroxyl groups is 1. The Hall–Kier alpha value is -1.55. The fraction of sp³-hybridized carbons (Fsp3) is 0.364. The molecule has 0 unspecified atom stereocenters. The zero-order chi connectivity index (χ0) is 10.7. The minimum Gasteiger partial charge on any atom is -0.449 e. The van der Waals surface area contributed by atoms with Crippen molar-refractivity contribution in [3.05, 3.63) is 29.8 Å². The van der Waals surface area contributed by atoms with Gasteiger partial charge in [0.25, 0.3) is 0 Å². The third-order valence-electron chi connectivity index (χ3n) is 2.40. The van der Waals surface area contributed by atoms with Crippen LogP contribution in [0.3, 0.4) is 0 Å². The Morgan fingerprint density at radius 1 is 1.33 bits per heavy atom. The summed E-state index contributed by atoms with van der Waals surface area (Å²) >= 11 is 0. The van der Waals surface area contributed by atoms with Gasteiger partial charge in [-0.25, -0.2) is 4.79 Å². The molecule has 0 aromatic heterocycles. The highest BCUT2D eigenvalue weighted by molar-refractivity contribution is 5.88. The second-order valence-electron chi connectivity index (χ2n) is 3.44. The maximum Gasteiger partial charge on any atom is 0.414 e. The van der Waals surface area contributed by atoms with E-state index < -0.39 is 0 Å². The monoisotopic (exact) mass is 207 g/mol. The number of carbonyl (C=O) groups is 1. The van der Waals surface area contributed by atoms with Gasteiger partial charge in [-0.2, -0.15) is 0 Å². The van der Waals surface area contributed by atoms with Crippen molar-refractivity contribution < 1.29 is 14.6 Å². The summed E-state index contributed by atoms with van der Waals surface area (Å²) in [4.78, 5) is 13.0. The summed E-state index contributed by atoms with van der Waals surface area (Å²) in [7, 11) is 0. The van der Waals surface area contributed by atoms with Gasteiger partial charge in [0.1, 0.15) is 0 Å². The number of carbonyl (C=O) groups excluding carboxylic acids is 1. The van der Waals surface area contributed by atoms with Crippen molar-refractivity contribution in [3.8, 4) is 0 Å². The maximum absolute atomic E-state index is 11.4. The van der Waals surface area contributed by atoms with E-state index in [1.807, 2.05) is 12.1 Å². The number of aliphatic hydroxyl groups excluding tert-OH is 1. The van der Waals surface area contributed by atoms with Gasteiger partial charge >= 0.3 is 6.09 Å². The van der Waals surface area contributed by atoms with E-state index in [9.17, 15) is 4.79 Å². The molecule has 15 heavy (non-hydrogen) atoms. The van der Waals surface area contributed by atoms with E-state index in [0.717, 1.165) is 17.7 Å². The molecule has 0 bridgehead atoms. The predicted molar refractivity (Wildman–Crippen MR) is 55.7 cm³/mol. The number of rotatable bonds is 2. The first-order valence-electron chi connectivity index (χ1n) is 4.95. The third kappa shape index (κ3) is 2.10. The van der Waals surface area contributed by atoms with E-state index in [1.165, 1.54) is 0 Å². The molecule has 4 nitrogen and oxygen atoms in total. The first-order chi connectivity index (χ1) is 7.31. The minimum absolute atomic E-state index is 0.0186. The predicted octanol–water partition coefficient (Wildman–Crippen LogP) is 1.53. The van der Waals surface area contributed by atoms with Gasteiger partial charge in [-0.05, 0) is 24.1 Å². The first kappa shape index (κ1) is 9.98. The van der Waals surface area contributed by atoms with E-state index >= 15 is 0 Å². The molecule has 0 saturated carbocycles. The van der Waals surface area contributed by atoms with Gasteiger partial charge in [0.05, 0.1) is 13.2 Å². The average molecular weight is 207 g/mol. The fourth-order valence-corrected chi connectivity index (χ4v) is 1.57. The van der Waals surface area contributed by atoms with Crippen LogP contribution in [0.2, 0.25) is 0 Å². The Morgan fingerprint density at radius 2 is 2.07 bits per heavy atom. The number of benzene rings is 1. The van der Waals surface area contributed by atoms with Gasteiger partial charge < -0.3 is 9.84 Å². The molecule has 2 rings (SSSR count). The van der Waals surface area contributed by atoms with Crippen LogP contribution in [0.5, 0.6) is 0 Å². The van der Waals surface area contributed by atoms with E-state index in [1.54, 1.807) is 17.0 Å². The van der Waals surface area contributed by atoms with Crippen molar-refractivity contribution in [2.45, 2.75) is 13.0 Å². The van der Waals surface area contributed by atoms with Gasteiger partial charge in [0, 0.05) is 12.2 Å². The number of anilines is 1. The molecule has 4 heteroatoms. The van der Waals surface area contributed by atoms with Crippen molar-refractivity contribution in [3.63, 3.8) is 0 Å². The number of hydrogen-bond acceptors (Lipinski definition) is 3. The molecule has 0 radical (unpaired) electrons. The van der Waals surface area contributed by atoms with Crippen LogP contribution in [0.15, 0.2) is 24.3 Å². The lowest BCUT2D eigenvalue weighted by Gasteiger charge is -2.26. The summed E-state index contributed by atoms with van der Waals surface area (Å²) in [5.41, 5.74) is 1.65. The first-order valence-corrected chi connectivity index (χ1v) is 4.95. The summed E-state index contributed by atoms with van der Waals surface area (Å²) in [6, 6.07) is 7.24. The van der Waals surface area contributed by atoms with Crippen LogP contribution in [-0.2, 0) is 11.3 Å². The second kappa shape index (κ2) is 4.31. The Labute approximate surface area is 88.1 Å². The van der Waals surface area contributed by atoms with Crippen molar-refractivity contribution in [2.75, 3.05) is 18.1 Å². The molecule has 1 aliphatic rings. The van der Waals surface area contributed by atoms with E-state index in [0.29, 0.717) is 13.2 Å². The molecule has 1 N–H and O–H groups in total. The maximum atomic E-state index is 11.4. The smallest absolute Gasteiger partial charge is 0.414 e. The van der Waals surface area contributed by atoms with Crippen LogP contribution in [0, 0.1) is 0 Å². The lowest BCUT2D eigenvalue weighted by Crippen LogP contribution is -2.37. The zero-order valence-electron chi connectivity index (χ0n) is 8.35. The van der Waals surface area contributed by atoms with E-state index in [-0.39, 0.29) is 12.7 Å². The van der Waals surface area contributed by atoms with Crippen LogP contribution < -0.4 is 4.90 Å². The van der Waals surface area contributed by atoms with Gasteiger partial charge in [-0.1, -0.05) is 12.1 Å². The number of amides is 1. The van der Waals surface area contributed by atoms with Gasteiger partial charge in [0.2, 0.25) is 0 Å². The molecule has 1 aliphatic heterocycles. The zero-order valence-corrected chi connectivity index (χ0v) is 8.35. The van der Waals surface area contributed by atoms with Crippen molar-refractivity contribution >= 4 is 11.8 Å². The highest BCUT2D eigenvalue weighted by atomic mass is 16.6. The van der Waals surface area contributed by atoms with Crippen molar-refractivity contribution in [1.29, 1.82) is 0 Å². The Bertz CT molecular complexity index is 347. The molecule has 1 aromatic rings. The van der Waals surface area contributed by atoms with Gasteiger partial charge in [-0.3, -0.25) is 4.90 Å². The SMILES string of the molecule is O=C1OCCCN1c1ccc(CO)cc1. The van der Waals surface area contributed by atoms with Crippen LogP contribution in [0.25, 0.3) is 0 Å². The second-order valence-corrected chi connectivity index (χ2v) is 3.44. The lowest BCUT2D eigenvalue weighted by atomic mass is 10.2. The van der Waals surface area contributed by atoms with Gasteiger partial charge in [0.15, 0.2) is 0 Å². The standard InChI is InChI=1S/C11H13NO3/c13-8-9-2-4-10(5-3-9)12-6-1-7-15-11(12)14/h2-5,13H,1,6-8H2. The molecule has 0 atom stereocenters. The van der Waals surface area contributed by atoms with Crippen LogP contribution in [0.1, 0.15) is 12.0 Å². The Kier molecular flexibility index (Phi) is 2.87. The quantitative estimate of drug-likeness (QED) is 0.800. The number of cyclic esters (lactones) is 1. The molecule has 1 aromatic carbocycles. The summed E-state index contributed by atoms with van der Waals surface area (Å²) in [6.45, 7) is 1.21. The Balaban J connectivity index is 2.17. The molecular formula is C11H13NO3. The minimum atomic E-state index is -0.294. The van der Waals surface area contributed by atoms with Crippen LogP contribution >= 0.6 is 0 Å². The molecule has 1 amide bonds. The Morgan fingerprint density at radius 3 is 2.67 bits per heavy atom. The molecule has 1 fully saturated rings. The van der Waals surface area contributed by atoms with Crippen LogP contribution in [0.4, 0.5) is 10.5 Å². The summed E-state index contributed by atoms with van der Waals surface area (Å²) in [5.74, 6) is 0. The largest absolute Gasteiger partial charge is 0.449 e. The van der Waals surface area contributed by atoms with E-state index in [2.05, 4.69) is 0 Å². The highest BCUT2D eigenvalue weighted by Crippen LogP contribution is 2.19. The molecule has 1 saturated heterocycles. The fourth-order valence-electron chi connectivity index (χ4n) is 1.57. The summed E-state index contributed by atoms with van der Waals surface area (Å²) < 4.78 is 4.94. The lowest BCUT2D eigenvalue weighted by molar-refractivity contribution is 0.140. The number of hydrogen-bond donors (Lipinski definition) is 1. The summed E-state index contributed by atoms with van der Waals surface area (Å²) in [6.07, 6.45) is 0.561. The average Bonchev–Trinajstić information content (AvgIpc) is 2.30. The van der Waals surface area contributed by atoms with Crippen LogP contribution in [-0.4, -0.2) is 24.4 Å².